The molecule has 0 saturated heterocycles. The number of benzene rings is 2. The van der Waals surface area contributed by atoms with Crippen molar-refractivity contribution in [3.05, 3.63) is 59.7 Å². The monoisotopic (exact) mass is 238 g/mol. The highest BCUT2D eigenvalue weighted by Crippen LogP contribution is 2.29. The van der Waals surface area contributed by atoms with E-state index in [-0.39, 0.29) is 0 Å². The topological polar surface area (TPSA) is 15.3 Å². The first-order valence-corrected chi connectivity index (χ1v) is 6.46. The van der Waals surface area contributed by atoms with Gasteiger partial charge < -0.3 is 10.2 Å². The fraction of sp³-hybridized carbons (Fsp3) is 0.250. The molecule has 0 unspecified atom stereocenters. The summed E-state index contributed by atoms with van der Waals surface area (Å²) in [5.41, 5.74) is 5.41. The first kappa shape index (κ1) is 11.1. The third kappa shape index (κ3) is 2.06. The number of nitrogens with zero attached hydrogens (tertiary/aromatic N) is 1. The lowest BCUT2D eigenvalue weighted by atomic mass is 10.1. The minimum Gasteiger partial charge on any atom is -0.388 e. The molecule has 1 aliphatic rings. The van der Waals surface area contributed by atoms with Crippen molar-refractivity contribution < 1.29 is 0 Å². The van der Waals surface area contributed by atoms with Crippen LogP contribution in [0.3, 0.4) is 0 Å². The van der Waals surface area contributed by atoms with Gasteiger partial charge in [0.25, 0.3) is 0 Å². The maximum atomic E-state index is 3.19. The molecule has 0 saturated carbocycles. The maximum absolute atomic E-state index is 3.19. The lowest BCUT2D eigenvalue weighted by Gasteiger charge is -2.19. The van der Waals surface area contributed by atoms with E-state index < -0.39 is 0 Å². The van der Waals surface area contributed by atoms with Crippen LogP contribution < -0.4 is 10.2 Å². The third-order valence-corrected chi connectivity index (χ3v) is 3.57. The van der Waals surface area contributed by atoms with E-state index in [4.69, 9.17) is 0 Å². The Labute approximate surface area is 108 Å². The zero-order chi connectivity index (χ0) is 12.4. The molecule has 0 bridgehead atoms. The highest BCUT2D eigenvalue weighted by molar-refractivity contribution is 5.58. The molecular formula is C16H18N2. The van der Waals surface area contributed by atoms with Crippen molar-refractivity contribution in [1.29, 1.82) is 0 Å². The van der Waals surface area contributed by atoms with Gasteiger partial charge in [-0.3, -0.25) is 0 Å². The Bertz CT molecular complexity index is 548. The van der Waals surface area contributed by atoms with Crippen LogP contribution in [0.25, 0.3) is 0 Å². The summed E-state index contributed by atoms with van der Waals surface area (Å²) < 4.78 is 0. The first-order valence-electron chi connectivity index (χ1n) is 6.46. The van der Waals surface area contributed by atoms with Crippen LogP contribution >= 0.6 is 0 Å². The van der Waals surface area contributed by atoms with E-state index >= 15 is 0 Å². The molecule has 2 heteroatoms. The minimum absolute atomic E-state index is 0.993. The quantitative estimate of drug-likeness (QED) is 0.882. The van der Waals surface area contributed by atoms with Crippen LogP contribution in [0.4, 0.5) is 11.4 Å². The van der Waals surface area contributed by atoms with Crippen LogP contribution in [-0.2, 0) is 13.0 Å². The Morgan fingerprint density at radius 2 is 2.00 bits per heavy atom. The molecule has 0 radical (unpaired) electrons. The molecule has 2 nitrogen and oxygen atoms in total. The summed E-state index contributed by atoms with van der Waals surface area (Å²) in [7, 11) is 1.96. The molecule has 1 heterocycles. The van der Waals surface area contributed by atoms with Crippen molar-refractivity contribution in [3.63, 3.8) is 0 Å². The number of hydrogen-bond acceptors (Lipinski definition) is 2. The van der Waals surface area contributed by atoms with Gasteiger partial charge >= 0.3 is 0 Å². The van der Waals surface area contributed by atoms with Crippen molar-refractivity contribution in [2.45, 2.75) is 13.0 Å². The zero-order valence-electron chi connectivity index (χ0n) is 10.7. The second kappa shape index (κ2) is 4.73. The van der Waals surface area contributed by atoms with Gasteiger partial charge in [-0.1, -0.05) is 30.3 Å². The van der Waals surface area contributed by atoms with Gasteiger partial charge in [-0.15, -0.1) is 0 Å². The van der Waals surface area contributed by atoms with Crippen LogP contribution in [0.5, 0.6) is 0 Å². The SMILES string of the molecule is CNc1cccc(CN2CCc3ccccc32)c1. The van der Waals surface area contributed by atoms with Crippen LogP contribution in [-0.4, -0.2) is 13.6 Å². The largest absolute Gasteiger partial charge is 0.388 e. The number of para-hydroxylation sites is 1. The van der Waals surface area contributed by atoms with Crippen molar-refractivity contribution >= 4 is 11.4 Å². The second-order valence-corrected chi connectivity index (χ2v) is 4.75. The van der Waals surface area contributed by atoms with Crippen molar-refractivity contribution in [1.82, 2.24) is 0 Å². The average Bonchev–Trinajstić information content (AvgIpc) is 2.83. The highest BCUT2D eigenvalue weighted by atomic mass is 15.1. The molecule has 0 aliphatic carbocycles. The van der Waals surface area contributed by atoms with Gasteiger partial charge in [-0.25, -0.2) is 0 Å². The van der Waals surface area contributed by atoms with E-state index in [2.05, 4.69) is 58.7 Å². The summed E-state index contributed by atoms with van der Waals surface area (Å²) in [4.78, 5) is 2.46. The van der Waals surface area contributed by atoms with Gasteiger partial charge in [0.05, 0.1) is 0 Å². The molecule has 1 aliphatic heterocycles. The third-order valence-electron chi connectivity index (χ3n) is 3.57. The molecule has 2 aromatic carbocycles. The predicted molar refractivity (Wildman–Crippen MR) is 77.2 cm³/mol. The molecule has 0 fully saturated rings. The van der Waals surface area contributed by atoms with Crippen LogP contribution in [0.1, 0.15) is 11.1 Å². The van der Waals surface area contributed by atoms with Gasteiger partial charge in [0.1, 0.15) is 0 Å². The molecule has 3 rings (SSSR count). The number of nitrogens with one attached hydrogen (secondary N) is 1. The zero-order valence-corrected chi connectivity index (χ0v) is 10.7. The maximum Gasteiger partial charge on any atom is 0.0430 e. The van der Waals surface area contributed by atoms with Crippen LogP contribution in [0, 0.1) is 0 Å². The van der Waals surface area contributed by atoms with E-state index in [1.54, 1.807) is 0 Å². The Balaban J connectivity index is 1.82. The van der Waals surface area contributed by atoms with Crippen molar-refractivity contribution in [2.24, 2.45) is 0 Å². The summed E-state index contributed by atoms with van der Waals surface area (Å²) >= 11 is 0. The molecule has 0 aromatic heterocycles. The van der Waals surface area contributed by atoms with Crippen molar-refractivity contribution in [2.75, 3.05) is 23.8 Å². The number of hydrogen-bond donors (Lipinski definition) is 1. The van der Waals surface area contributed by atoms with Gasteiger partial charge in [0.15, 0.2) is 0 Å². The minimum atomic E-state index is 0.993. The number of fused-ring (bicyclic) bond motifs is 1. The molecule has 0 amide bonds. The molecule has 18 heavy (non-hydrogen) atoms. The Morgan fingerprint density at radius 1 is 1.11 bits per heavy atom. The van der Waals surface area contributed by atoms with Crippen molar-refractivity contribution in [3.8, 4) is 0 Å². The summed E-state index contributed by atoms with van der Waals surface area (Å²) in [5.74, 6) is 0. The van der Waals surface area contributed by atoms with E-state index in [1.165, 1.54) is 28.9 Å². The van der Waals surface area contributed by atoms with Gasteiger partial charge in [-0.05, 0) is 35.7 Å². The summed E-state index contributed by atoms with van der Waals surface area (Å²) in [6.45, 7) is 2.12. The summed E-state index contributed by atoms with van der Waals surface area (Å²) in [6, 6.07) is 17.3. The smallest absolute Gasteiger partial charge is 0.0430 e. The molecule has 0 atom stereocenters. The summed E-state index contributed by atoms with van der Waals surface area (Å²) in [5, 5.41) is 3.19. The number of rotatable bonds is 3. The molecule has 2 aromatic rings. The van der Waals surface area contributed by atoms with Crippen LogP contribution in [0.15, 0.2) is 48.5 Å². The highest BCUT2D eigenvalue weighted by Gasteiger charge is 2.17. The van der Waals surface area contributed by atoms with Gasteiger partial charge in [-0.2, -0.15) is 0 Å². The van der Waals surface area contributed by atoms with E-state index in [9.17, 15) is 0 Å². The normalized spacial score (nSPS) is 13.5. The average molecular weight is 238 g/mol. The predicted octanol–water partition coefficient (Wildman–Crippen LogP) is 3.29. The van der Waals surface area contributed by atoms with E-state index in [0.717, 1.165) is 13.1 Å². The van der Waals surface area contributed by atoms with E-state index in [0.29, 0.717) is 0 Å². The standard InChI is InChI=1S/C16H18N2/c1-17-15-7-4-5-13(11-15)12-18-10-9-14-6-2-3-8-16(14)18/h2-8,11,17H,9-10,12H2,1H3. The Kier molecular flexibility index (Phi) is 2.93. The first-order chi connectivity index (χ1) is 8.86. The van der Waals surface area contributed by atoms with Gasteiger partial charge in [0.2, 0.25) is 0 Å². The lowest BCUT2D eigenvalue weighted by Crippen LogP contribution is -2.19. The Hall–Kier alpha value is -1.96. The molecule has 1 N–H and O–H groups in total. The molecular weight excluding hydrogens is 220 g/mol. The number of anilines is 2. The van der Waals surface area contributed by atoms with Gasteiger partial charge in [0, 0.05) is 31.5 Å². The molecule has 0 spiro atoms. The summed E-state index contributed by atoms with van der Waals surface area (Å²) in [6.07, 6.45) is 1.17. The fourth-order valence-corrected chi connectivity index (χ4v) is 2.62. The molecule has 92 valence electrons. The second-order valence-electron chi connectivity index (χ2n) is 4.75. The lowest BCUT2D eigenvalue weighted by molar-refractivity contribution is 0.836. The van der Waals surface area contributed by atoms with Crippen LogP contribution in [0.2, 0.25) is 0 Å². The van der Waals surface area contributed by atoms with E-state index in [1.807, 2.05) is 7.05 Å². The Morgan fingerprint density at radius 3 is 2.89 bits per heavy atom. The fourth-order valence-electron chi connectivity index (χ4n) is 2.62.